The third-order valence-corrected chi connectivity index (χ3v) is 8.88. The Kier molecular flexibility index (Phi) is 5.49. The summed E-state index contributed by atoms with van der Waals surface area (Å²) in [6.45, 7) is 7.83. The Labute approximate surface area is 213 Å². The fourth-order valence-corrected chi connectivity index (χ4v) is 7.57. The molecule has 2 bridgehead atoms. The van der Waals surface area contributed by atoms with E-state index in [4.69, 9.17) is 9.40 Å². The lowest BCUT2D eigenvalue weighted by Crippen LogP contribution is -2.38. The van der Waals surface area contributed by atoms with Crippen LogP contribution in [0.4, 0.5) is 0 Å². The van der Waals surface area contributed by atoms with Crippen LogP contribution >= 0.6 is 23.1 Å². The largest absolute Gasteiger partial charge is 0.411 e. The van der Waals surface area contributed by atoms with E-state index in [0.717, 1.165) is 46.4 Å². The molecular weight excluding hydrogens is 476 g/mol. The van der Waals surface area contributed by atoms with Crippen LogP contribution in [0.2, 0.25) is 0 Å². The second-order valence-electron chi connectivity index (χ2n) is 10.9. The molecule has 1 aliphatic heterocycles. The Morgan fingerprint density at radius 1 is 1.17 bits per heavy atom. The smallest absolute Gasteiger partial charge is 0.277 e. The first-order valence-electron chi connectivity index (χ1n) is 12.0. The van der Waals surface area contributed by atoms with Gasteiger partial charge in [0.15, 0.2) is 0 Å². The van der Waals surface area contributed by atoms with E-state index in [2.05, 4.69) is 41.9 Å². The Bertz CT molecular complexity index is 1400. The predicted molar refractivity (Wildman–Crippen MR) is 140 cm³/mol. The topological polar surface area (TPSA) is 72.1 Å². The monoisotopic (exact) mass is 504 g/mol. The molecule has 1 amide bonds. The number of likely N-dealkylation sites (tertiary alicyclic amines) is 1. The third kappa shape index (κ3) is 4.38. The van der Waals surface area contributed by atoms with Crippen molar-refractivity contribution >= 4 is 39.9 Å². The molecule has 0 radical (unpaired) electrons. The minimum absolute atomic E-state index is 0.163. The average Bonchev–Trinajstić information content (AvgIpc) is 3.56. The standard InChI is InChI=1S/C27H28N4O2S2/c1-26(2)12-17-13-27(3,15-26)16-31(17)23(32)14-35-25-30-29-24(33-25)19-11-21(22-9-6-10-34-22)28-20-8-5-4-7-18(19)20/h4-11,17H,12-16H2,1-3H3/t17-,27-/m1/s1. The van der Waals surface area contributed by atoms with Crippen molar-refractivity contribution in [3.05, 3.63) is 47.8 Å². The van der Waals surface area contributed by atoms with E-state index in [0.29, 0.717) is 22.9 Å². The molecule has 6 rings (SSSR count). The molecule has 4 aromatic rings. The first-order chi connectivity index (χ1) is 16.8. The van der Waals surface area contributed by atoms with Gasteiger partial charge >= 0.3 is 0 Å². The normalized spacial score (nSPS) is 23.2. The predicted octanol–water partition coefficient (Wildman–Crippen LogP) is 6.53. The number of carbonyl (C=O) groups excluding carboxylic acids is 1. The quantitative estimate of drug-likeness (QED) is 0.288. The number of hydrogen-bond donors (Lipinski definition) is 0. The number of aromatic nitrogens is 3. The Hall–Kier alpha value is -2.71. The number of thioether (sulfide) groups is 1. The number of hydrogen-bond acceptors (Lipinski definition) is 7. The lowest BCUT2D eigenvalue weighted by molar-refractivity contribution is -0.129. The second-order valence-corrected chi connectivity index (χ2v) is 12.8. The second kappa shape index (κ2) is 8.45. The molecule has 3 aromatic heterocycles. The average molecular weight is 505 g/mol. The summed E-state index contributed by atoms with van der Waals surface area (Å²) in [6.07, 6.45) is 3.36. The molecule has 6 nitrogen and oxygen atoms in total. The first kappa shape index (κ1) is 22.7. The van der Waals surface area contributed by atoms with Gasteiger partial charge in [-0.15, -0.1) is 21.5 Å². The molecule has 0 N–H and O–H groups in total. The SMILES string of the molecule is CC1(C)C[C@@H]2C[C@@](C)(CN2C(=O)CSc2nnc(-c3cc(-c4cccs4)nc4ccccc34)o2)C1. The van der Waals surface area contributed by atoms with Crippen molar-refractivity contribution in [2.24, 2.45) is 10.8 Å². The van der Waals surface area contributed by atoms with E-state index < -0.39 is 0 Å². The maximum atomic E-state index is 13.2. The van der Waals surface area contributed by atoms with Crippen molar-refractivity contribution in [1.29, 1.82) is 0 Å². The van der Waals surface area contributed by atoms with Crippen LogP contribution in [0.15, 0.2) is 57.5 Å². The Morgan fingerprint density at radius 3 is 2.86 bits per heavy atom. The van der Waals surface area contributed by atoms with Gasteiger partial charge in [0.05, 0.1) is 27.4 Å². The zero-order valence-corrected chi connectivity index (χ0v) is 21.8. The number of carbonyl (C=O) groups is 1. The van der Waals surface area contributed by atoms with Crippen molar-refractivity contribution in [2.75, 3.05) is 12.3 Å². The van der Waals surface area contributed by atoms with Gasteiger partial charge in [-0.1, -0.05) is 56.8 Å². The zero-order valence-electron chi connectivity index (χ0n) is 20.2. The van der Waals surface area contributed by atoms with E-state index in [-0.39, 0.29) is 16.7 Å². The van der Waals surface area contributed by atoms with Crippen LogP contribution in [-0.4, -0.2) is 44.3 Å². The summed E-state index contributed by atoms with van der Waals surface area (Å²) in [5, 5.41) is 12.0. The van der Waals surface area contributed by atoms with Crippen molar-refractivity contribution < 1.29 is 9.21 Å². The van der Waals surface area contributed by atoms with Gasteiger partial charge in [0.1, 0.15) is 0 Å². The van der Waals surface area contributed by atoms with Crippen LogP contribution in [0.3, 0.4) is 0 Å². The number of pyridine rings is 1. The highest BCUT2D eigenvalue weighted by Gasteiger charge is 2.50. The molecule has 2 aliphatic rings. The van der Waals surface area contributed by atoms with Gasteiger partial charge in [-0.25, -0.2) is 4.98 Å². The number of fused-ring (bicyclic) bond motifs is 3. The summed E-state index contributed by atoms with van der Waals surface area (Å²) in [5.74, 6) is 0.921. The number of benzene rings is 1. The summed E-state index contributed by atoms with van der Waals surface area (Å²) >= 11 is 2.97. The van der Waals surface area contributed by atoms with Crippen LogP contribution in [0.1, 0.15) is 40.0 Å². The molecule has 1 aliphatic carbocycles. The van der Waals surface area contributed by atoms with Crippen molar-refractivity contribution in [2.45, 2.75) is 51.3 Å². The van der Waals surface area contributed by atoms with Gasteiger partial charge in [0.25, 0.3) is 5.22 Å². The molecule has 0 spiro atoms. The molecule has 1 saturated carbocycles. The zero-order chi connectivity index (χ0) is 24.2. The van der Waals surface area contributed by atoms with E-state index in [1.54, 1.807) is 11.3 Å². The summed E-state index contributed by atoms with van der Waals surface area (Å²) < 4.78 is 6.05. The van der Waals surface area contributed by atoms with Gasteiger partial charge in [-0.3, -0.25) is 4.79 Å². The fraction of sp³-hybridized carbons (Fsp3) is 0.407. The van der Waals surface area contributed by atoms with Crippen molar-refractivity contribution in [3.8, 4) is 22.0 Å². The molecule has 35 heavy (non-hydrogen) atoms. The number of nitrogens with zero attached hydrogens (tertiary/aromatic N) is 4. The van der Waals surface area contributed by atoms with E-state index >= 15 is 0 Å². The summed E-state index contributed by atoms with van der Waals surface area (Å²) in [7, 11) is 0. The highest BCUT2D eigenvalue weighted by Crippen LogP contribution is 2.52. The summed E-state index contributed by atoms with van der Waals surface area (Å²) in [6, 6.07) is 14.4. The number of thiophene rings is 1. The lowest BCUT2D eigenvalue weighted by Gasteiger charge is -2.39. The minimum atomic E-state index is 0.163. The van der Waals surface area contributed by atoms with Gasteiger partial charge < -0.3 is 9.32 Å². The highest BCUT2D eigenvalue weighted by molar-refractivity contribution is 7.99. The summed E-state index contributed by atoms with van der Waals surface area (Å²) in [5.41, 5.74) is 3.14. The number of rotatable bonds is 5. The van der Waals surface area contributed by atoms with Crippen LogP contribution in [0.5, 0.6) is 0 Å². The maximum absolute atomic E-state index is 13.2. The lowest BCUT2D eigenvalue weighted by atomic mass is 9.65. The van der Waals surface area contributed by atoms with Crippen molar-refractivity contribution in [3.63, 3.8) is 0 Å². The maximum Gasteiger partial charge on any atom is 0.277 e. The van der Waals surface area contributed by atoms with Crippen LogP contribution < -0.4 is 0 Å². The van der Waals surface area contributed by atoms with E-state index in [1.807, 2.05) is 41.8 Å². The Morgan fingerprint density at radius 2 is 2.03 bits per heavy atom. The van der Waals surface area contributed by atoms with E-state index in [1.165, 1.54) is 18.2 Å². The molecule has 4 heterocycles. The van der Waals surface area contributed by atoms with Gasteiger partial charge in [-0.2, -0.15) is 0 Å². The minimum Gasteiger partial charge on any atom is -0.411 e. The van der Waals surface area contributed by atoms with Crippen LogP contribution in [0, 0.1) is 10.8 Å². The molecule has 8 heteroatoms. The van der Waals surface area contributed by atoms with Gasteiger partial charge in [-0.05, 0) is 53.7 Å². The van der Waals surface area contributed by atoms with Crippen molar-refractivity contribution in [1.82, 2.24) is 20.1 Å². The molecule has 1 saturated heterocycles. The molecule has 2 atom stereocenters. The highest BCUT2D eigenvalue weighted by atomic mass is 32.2. The number of para-hydroxylation sites is 1. The molecule has 0 unspecified atom stereocenters. The molecular formula is C27H28N4O2S2. The summed E-state index contributed by atoms with van der Waals surface area (Å²) in [4.78, 5) is 21.2. The third-order valence-electron chi connectivity index (χ3n) is 7.18. The van der Waals surface area contributed by atoms with Gasteiger partial charge in [0, 0.05) is 18.0 Å². The number of amides is 1. The Balaban J connectivity index is 1.21. The van der Waals surface area contributed by atoms with E-state index in [9.17, 15) is 4.79 Å². The molecule has 180 valence electrons. The molecule has 2 fully saturated rings. The van der Waals surface area contributed by atoms with Crippen LogP contribution in [0.25, 0.3) is 32.9 Å². The fourth-order valence-electron chi connectivity index (χ4n) is 6.24. The first-order valence-corrected chi connectivity index (χ1v) is 13.9. The van der Waals surface area contributed by atoms with Crippen LogP contribution in [-0.2, 0) is 4.79 Å². The molecule has 1 aromatic carbocycles. The van der Waals surface area contributed by atoms with Gasteiger partial charge in [0.2, 0.25) is 11.8 Å².